The molecule has 1 N–H and O–H groups in total. The maximum Gasteiger partial charge on any atom is 0.272 e. The SMILES string of the molecule is Cc1ccc(CNC(=O)c2cc(-c3ccccc3)n(C)n2)cc1. The van der Waals surface area contributed by atoms with Gasteiger partial charge in [0.1, 0.15) is 0 Å². The molecule has 0 bridgehead atoms. The van der Waals surface area contributed by atoms with Crippen LogP contribution in [0.15, 0.2) is 60.7 Å². The lowest BCUT2D eigenvalue weighted by Gasteiger charge is -2.03. The van der Waals surface area contributed by atoms with E-state index in [0.717, 1.165) is 16.8 Å². The van der Waals surface area contributed by atoms with E-state index in [1.807, 2.05) is 74.6 Å². The summed E-state index contributed by atoms with van der Waals surface area (Å²) in [7, 11) is 1.85. The summed E-state index contributed by atoms with van der Waals surface area (Å²) in [6.45, 7) is 2.54. The van der Waals surface area contributed by atoms with Crippen molar-refractivity contribution >= 4 is 5.91 Å². The average Bonchev–Trinajstić information content (AvgIpc) is 2.97. The van der Waals surface area contributed by atoms with Gasteiger partial charge in [-0.3, -0.25) is 9.48 Å². The summed E-state index contributed by atoms with van der Waals surface area (Å²) < 4.78 is 1.73. The number of hydrogen-bond donors (Lipinski definition) is 1. The number of carbonyl (C=O) groups is 1. The molecule has 1 amide bonds. The fraction of sp³-hybridized carbons (Fsp3) is 0.158. The predicted molar refractivity (Wildman–Crippen MR) is 91.0 cm³/mol. The highest BCUT2D eigenvalue weighted by molar-refractivity contribution is 5.93. The number of rotatable bonds is 4. The summed E-state index contributed by atoms with van der Waals surface area (Å²) >= 11 is 0. The Kier molecular flexibility index (Phi) is 4.24. The van der Waals surface area contributed by atoms with Gasteiger partial charge in [0.15, 0.2) is 5.69 Å². The molecule has 1 aromatic heterocycles. The van der Waals surface area contributed by atoms with Gasteiger partial charge in [0.25, 0.3) is 5.91 Å². The Morgan fingerprint density at radius 3 is 2.48 bits per heavy atom. The molecule has 0 saturated carbocycles. The van der Waals surface area contributed by atoms with Crippen molar-refractivity contribution in [1.82, 2.24) is 15.1 Å². The molecule has 0 spiro atoms. The molecule has 116 valence electrons. The lowest BCUT2D eigenvalue weighted by atomic mass is 10.1. The number of nitrogens with one attached hydrogen (secondary N) is 1. The third-order valence-electron chi connectivity index (χ3n) is 3.76. The number of aromatic nitrogens is 2. The van der Waals surface area contributed by atoms with E-state index >= 15 is 0 Å². The van der Waals surface area contributed by atoms with Gasteiger partial charge in [-0.25, -0.2) is 0 Å². The number of carbonyl (C=O) groups excluding carboxylic acids is 1. The Bertz CT molecular complexity index is 804. The van der Waals surface area contributed by atoms with Crippen LogP contribution in [0, 0.1) is 6.92 Å². The number of hydrogen-bond acceptors (Lipinski definition) is 2. The second kappa shape index (κ2) is 6.48. The van der Waals surface area contributed by atoms with E-state index in [1.54, 1.807) is 4.68 Å². The van der Waals surface area contributed by atoms with Gasteiger partial charge in [-0.15, -0.1) is 0 Å². The van der Waals surface area contributed by atoms with E-state index in [1.165, 1.54) is 5.56 Å². The smallest absolute Gasteiger partial charge is 0.272 e. The van der Waals surface area contributed by atoms with Gasteiger partial charge in [-0.1, -0.05) is 60.2 Å². The van der Waals surface area contributed by atoms with Crippen LogP contribution in [-0.4, -0.2) is 15.7 Å². The zero-order valence-electron chi connectivity index (χ0n) is 13.3. The van der Waals surface area contributed by atoms with Crippen molar-refractivity contribution in [3.63, 3.8) is 0 Å². The van der Waals surface area contributed by atoms with Crippen LogP contribution < -0.4 is 5.32 Å². The Hall–Kier alpha value is -2.88. The molecule has 4 heteroatoms. The van der Waals surface area contributed by atoms with E-state index in [-0.39, 0.29) is 5.91 Å². The molecule has 0 fully saturated rings. The number of amides is 1. The topological polar surface area (TPSA) is 46.9 Å². The Morgan fingerprint density at radius 1 is 1.09 bits per heavy atom. The summed E-state index contributed by atoms with van der Waals surface area (Å²) in [4.78, 5) is 12.3. The van der Waals surface area contributed by atoms with E-state index in [4.69, 9.17) is 0 Å². The monoisotopic (exact) mass is 305 g/mol. The van der Waals surface area contributed by atoms with Crippen LogP contribution in [0.4, 0.5) is 0 Å². The first-order chi connectivity index (χ1) is 11.1. The lowest BCUT2D eigenvalue weighted by Crippen LogP contribution is -2.23. The van der Waals surface area contributed by atoms with Gasteiger partial charge >= 0.3 is 0 Å². The van der Waals surface area contributed by atoms with Crippen LogP contribution in [0.2, 0.25) is 0 Å². The van der Waals surface area contributed by atoms with Gasteiger partial charge in [-0.05, 0) is 24.1 Å². The molecule has 2 aromatic carbocycles. The van der Waals surface area contributed by atoms with E-state index < -0.39 is 0 Å². The molecule has 0 saturated heterocycles. The van der Waals surface area contributed by atoms with Crippen LogP contribution in [-0.2, 0) is 13.6 Å². The first kappa shape index (κ1) is 15.0. The minimum atomic E-state index is -0.164. The largest absolute Gasteiger partial charge is 0.347 e. The van der Waals surface area contributed by atoms with Crippen molar-refractivity contribution in [3.05, 3.63) is 77.5 Å². The Morgan fingerprint density at radius 2 is 1.78 bits per heavy atom. The molecule has 1 heterocycles. The van der Waals surface area contributed by atoms with Gasteiger partial charge in [-0.2, -0.15) is 5.10 Å². The van der Waals surface area contributed by atoms with Crippen molar-refractivity contribution < 1.29 is 4.79 Å². The number of aryl methyl sites for hydroxylation is 2. The minimum Gasteiger partial charge on any atom is -0.347 e. The highest BCUT2D eigenvalue weighted by atomic mass is 16.1. The van der Waals surface area contributed by atoms with Gasteiger partial charge < -0.3 is 5.32 Å². The predicted octanol–water partition coefficient (Wildman–Crippen LogP) is 3.33. The molecule has 23 heavy (non-hydrogen) atoms. The molecule has 0 aliphatic rings. The first-order valence-corrected chi connectivity index (χ1v) is 7.57. The summed E-state index contributed by atoms with van der Waals surface area (Å²) in [5.41, 5.74) is 4.67. The summed E-state index contributed by atoms with van der Waals surface area (Å²) in [6, 6.07) is 19.8. The third-order valence-corrected chi connectivity index (χ3v) is 3.76. The fourth-order valence-corrected chi connectivity index (χ4v) is 2.44. The molecule has 0 aliphatic heterocycles. The van der Waals surface area contributed by atoms with Gasteiger partial charge in [0.2, 0.25) is 0 Å². The summed E-state index contributed by atoms with van der Waals surface area (Å²) in [6.07, 6.45) is 0. The van der Waals surface area contributed by atoms with Crippen LogP contribution >= 0.6 is 0 Å². The zero-order chi connectivity index (χ0) is 16.2. The maximum atomic E-state index is 12.3. The Labute approximate surface area is 135 Å². The normalized spacial score (nSPS) is 10.5. The van der Waals surface area contributed by atoms with Crippen LogP contribution in [0.25, 0.3) is 11.3 Å². The molecule has 3 aromatic rings. The molecular formula is C19H19N3O. The average molecular weight is 305 g/mol. The van der Waals surface area contributed by atoms with Crippen LogP contribution in [0.1, 0.15) is 21.6 Å². The number of benzene rings is 2. The first-order valence-electron chi connectivity index (χ1n) is 7.57. The van der Waals surface area contributed by atoms with Crippen molar-refractivity contribution in [2.75, 3.05) is 0 Å². The minimum absolute atomic E-state index is 0.164. The van der Waals surface area contributed by atoms with E-state index in [2.05, 4.69) is 10.4 Å². The quantitative estimate of drug-likeness (QED) is 0.803. The van der Waals surface area contributed by atoms with Crippen LogP contribution in [0.5, 0.6) is 0 Å². The van der Waals surface area contributed by atoms with Gasteiger partial charge in [0.05, 0.1) is 5.69 Å². The molecule has 0 radical (unpaired) electrons. The molecule has 0 aliphatic carbocycles. The molecule has 4 nitrogen and oxygen atoms in total. The fourth-order valence-electron chi connectivity index (χ4n) is 2.44. The lowest BCUT2D eigenvalue weighted by molar-refractivity contribution is 0.0945. The van der Waals surface area contributed by atoms with Crippen LogP contribution in [0.3, 0.4) is 0 Å². The maximum absolute atomic E-state index is 12.3. The van der Waals surface area contributed by atoms with E-state index in [0.29, 0.717) is 12.2 Å². The number of nitrogens with zero attached hydrogens (tertiary/aromatic N) is 2. The molecule has 3 rings (SSSR count). The second-order valence-electron chi connectivity index (χ2n) is 5.57. The highest BCUT2D eigenvalue weighted by Crippen LogP contribution is 2.19. The molecule has 0 unspecified atom stereocenters. The van der Waals surface area contributed by atoms with E-state index in [9.17, 15) is 4.79 Å². The summed E-state index contributed by atoms with van der Waals surface area (Å²) in [5, 5.41) is 7.23. The molecule has 0 atom stereocenters. The standard InChI is InChI=1S/C19H19N3O/c1-14-8-10-15(11-9-14)13-20-19(23)17-12-18(22(2)21-17)16-6-4-3-5-7-16/h3-12H,13H2,1-2H3,(H,20,23). The second-order valence-corrected chi connectivity index (χ2v) is 5.57. The molecular weight excluding hydrogens is 286 g/mol. The van der Waals surface area contributed by atoms with Crippen molar-refractivity contribution in [1.29, 1.82) is 0 Å². The van der Waals surface area contributed by atoms with Crippen molar-refractivity contribution in [3.8, 4) is 11.3 Å². The third kappa shape index (κ3) is 3.48. The van der Waals surface area contributed by atoms with Gasteiger partial charge in [0, 0.05) is 13.6 Å². The highest BCUT2D eigenvalue weighted by Gasteiger charge is 2.13. The van der Waals surface area contributed by atoms with Crippen molar-refractivity contribution in [2.24, 2.45) is 7.05 Å². The van der Waals surface area contributed by atoms with Crippen molar-refractivity contribution in [2.45, 2.75) is 13.5 Å². The Balaban J connectivity index is 1.72. The summed E-state index contributed by atoms with van der Waals surface area (Å²) in [5.74, 6) is -0.164. The zero-order valence-corrected chi connectivity index (χ0v) is 13.3.